The number of aromatic nitrogens is 2. The molecule has 0 aliphatic rings. The number of pyridine rings is 1. The van der Waals surface area contributed by atoms with Crippen molar-refractivity contribution in [3.63, 3.8) is 0 Å². The topological polar surface area (TPSA) is 39.1 Å². The molecule has 188 valence electrons. The molecule has 0 unspecified atom stereocenters. The average molecular weight is 478 g/mol. The van der Waals surface area contributed by atoms with E-state index in [1.165, 1.54) is 6.07 Å². The number of ether oxygens (including phenoxy) is 1. The summed E-state index contributed by atoms with van der Waals surface area (Å²) in [6, 6.07) is 5.53. The van der Waals surface area contributed by atoms with Gasteiger partial charge in [0.15, 0.2) is 0 Å². The van der Waals surface area contributed by atoms with E-state index in [0.29, 0.717) is 17.1 Å². The number of benzene rings is 1. The van der Waals surface area contributed by atoms with E-state index < -0.39 is 11.7 Å². The summed E-state index contributed by atoms with van der Waals surface area (Å²) in [6.07, 6.45) is 1.47. The number of nitrogens with one attached hydrogen (secondary N) is 1. The summed E-state index contributed by atoms with van der Waals surface area (Å²) in [7, 11) is 1.91. The second-order valence-electron chi connectivity index (χ2n) is 7.75. The maximum Gasteiger partial charge on any atom is 0.416 e. The van der Waals surface area contributed by atoms with Gasteiger partial charge in [-0.15, -0.1) is 0 Å². The molecule has 1 N–H and O–H groups in total. The molecule has 2 heterocycles. The first-order valence-electron chi connectivity index (χ1n) is 11.7. The van der Waals surface area contributed by atoms with Crippen LogP contribution in [0.5, 0.6) is 0 Å². The summed E-state index contributed by atoms with van der Waals surface area (Å²) in [5.41, 5.74) is 3.13. The van der Waals surface area contributed by atoms with Crippen LogP contribution >= 0.6 is 0 Å². The fourth-order valence-electron chi connectivity index (χ4n) is 3.18. The first-order valence-corrected chi connectivity index (χ1v) is 11.7. The Hall–Kier alpha value is -2.80. The summed E-state index contributed by atoms with van der Waals surface area (Å²) in [6.45, 7) is 17.7. The van der Waals surface area contributed by atoms with E-state index in [1.54, 1.807) is 13.1 Å². The molecule has 3 rings (SSSR count). The first-order chi connectivity index (χ1) is 16.1. The van der Waals surface area contributed by atoms with Crippen LogP contribution in [0.4, 0.5) is 24.7 Å². The van der Waals surface area contributed by atoms with Gasteiger partial charge in [0, 0.05) is 49.3 Å². The Morgan fingerprint density at radius 1 is 1.12 bits per heavy atom. The van der Waals surface area contributed by atoms with Crippen molar-refractivity contribution in [3.05, 3.63) is 59.9 Å². The Morgan fingerprint density at radius 3 is 2.26 bits per heavy atom. The van der Waals surface area contributed by atoms with Crippen molar-refractivity contribution in [1.29, 1.82) is 0 Å². The summed E-state index contributed by atoms with van der Waals surface area (Å²) in [5.74, 6) is 0.517. The minimum Gasteiger partial charge on any atom is -0.381 e. The molecule has 0 radical (unpaired) electrons. The normalized spacial score (nSPS) is 10.8. The Bertz CT molecular complexity index is 1050. The van der Waals surface area contributed by atoms with Crippen LogP contribution in [0.2, 0.25) is 0 Å². The van der Waals surface area contributed by atoms with Crippen molar-refractivity contribution in [2.75, 3.05) is 18.5 Å². The van der Waals surface area contributed by atoms with Gasteiger partial charge in [0.25, 0.3) is 0 Å². The van der Waals surface area contributed by atoms with Crippen LogP contribution in [-0.4, -0.2) is 22.8 Å². The van der Waals surface area contributed by atoms with Crippen molar-refractivity contribution in [2.24, 2.45) is 7.05 Å². The molecule has 0 amide bonds. The lowest BCUT2D eigenvalue weighted by Gasteiger charge is -2.15. The molecule has 0 bridgehead atoms. The predicted molar refractivity (Wildman–Crippen MR) is 138 cm³/mol. The highest BCUT2D eigenvalue weighted by Gasteiger charge is 2.30. The second-order valence-corrected chi connectivity index (χ2v) is 7.75. The molecular weight excluding hydrogens is 439 g/mol. The van der Waals surface area contributed by atoms with E-state index in [0.717, 1.165) is 60.2 Å². The van der Waals surface area contributed by atoms with Gasteiger partial charge in [0.05, 0.1) is 11.1 Å². The van der Waals surface area contributed by atoms with E-state index >= 15 is 0 Å². The highest BCUT2D eigenvalue weighted by atomic mass is 19.4. The zero-order valence-electron chi connectivity index (χ0n) is 21.4. The first kappa shape index (κ1) is 29.2. The van der Waals surface area contributed by atoms with Gasteiger partial charge in [-0.3, -0.25) is 0 Å². The molecule has 4 nitrogen and oxygen atoms in total. The molecule has 2 aromatic heterocycles. The molecule has 7 heteroatoms. The molecule has 3 aromatic rings. The Morgan fingerprint density at radius 2 is 1.74 bits per heavy atom. The van der Waals surface area contributed by atoms with Crippen molar-refractivity contribution < 1.29 is 17.9 Å². The van der Waals surface area contributed by atoms with Crippen molar-refractivity contribution in [3.8, 4) is 0 Å². The maximum atomic E-state index is 13.0. The Kier molecular flexibility index (Phi) is 11.9. The fraction of sp³-hybridized carbons (Fsp3) is 0.444. The van der Waals surface area contributed by atoms with Crippen LogP contribution in [0.15, 0.2) is 43.2 Å². The number of hydrogen-bond donors (Lipinski definition) is 1. The number of alkyl halides is 3. The second kappa shape index (κ2) is 13.8. The lowest BCUT2D eigenvalue weighted by atomic mass is 10.1. The maximum absolute atomic E-state index is 13.0. The number of hydrogen-bond acceptors (Lipinski definition) is 3. The standard InChI is InChI=1S/C19H18F3N3.C6H14O.C2H6/c1-11(2)15-10-23-18(14-7-8-25(4)17(14)15)24-16-9-13(19(20,21)22)6-5-12(16)3;1-3-5-7-6-4-2;1-2/h5-10H,1H2,2-4H3,(H,23,24);3-6H2,1-2H3;1-2H3. The van der Waals surface area contributed by atoms with Gasteiger partial charge in [0.1, 0.15) is 5.82 Å². The molecule has 1 aromatic carbocycles. The van der Waals surface area contributed by atoms with Crippen LogP contribution in [0.1, 0.15) is 64.2 Å². The molecule has 0 fully saturated rings. The van der Waals surface area contributed by atoms with Crippen molar-refractivity contribution in [2.45, 2.75) is 60.6 Å². The summed E-state index contributed by atoms with van der Waals surface area (Å²) in [4.78, 5) is 4.40. The molecule has 0 atom stereocenters. The van der Waals surface area contributed by atoms with Gasteiger partial charge >= 0.3 is 6.18 Å². The number of fused-ring (bicyclic) bond motifs is 1. The van der Waals surface area contributed by atoms with Crippen LogP contribution in [-0.2, 0) is 18.0 Å². The van der Waals surface area contributed by atoms with Gasteiger partial charge in [-0.25, -0.2) is 4.98 Å². The lowest BCUT2D eigenvalue weighted by molar-refractivity contribution is -0.137. The molecular formula is C27H38F3N3O. The summed E-state index contributed by atoms with van der Waals surface area (Å²) >= 11 is 0. The third-order valence-electron chi connectivity index (χ3n) is 4.88. The fourth-order valence-corrected chi connectivity index (χ4v) is 3.18. The minimum atomic E-state index is -4.39. The number of nitrogens with zero attached hydrogens (tertiary/aromatic N) is 2. The number of allylic oxidation sites excluding steroid dienone is 1. The lowest BCUT2D eigenvalue weighted by Crippen LogP contribution is -2.06. The Balaban J connectivity index is 0.000000553. The van der Waals surface area contributed by atoms with E-state index in [-0.39, 0.29) is 0 Å². The molecule has 0 spiro atoms. The minimum absolute atomic E-state index is 0.385. The van der Waals surface area contributed by atoms with Gasteiger partial charge in [-0.05, 0) is 56.0 Å². The third kappa shape index (κ3) is 7.90. The highest BCUT2D eigenvalue weighted by Crippen LogP contribution is 2.35. The third-order valence-corrected chi connectivity index (χ3v) is 4.88. The van der Waals surface area contributed by atoms with Crippen LogP contribution < -0.4 is 5.32 Å². The predicted octanol–water partition coefficient (Wildman–Crippen LogP) is 8.53. The van der Waals surface area contributed by atoms with Crippen molar-refractivity contribution >= 4 is 28.0 Å². The number of halogens is 3. The average Bonchev–Trinajstić information content (AvgIpc) is 3.19. The van der Waals surface area contributed by atoms with Gasteiger partial charge < -0.3 is 14.6 Å². The highest BCUT2D eigenvalue weighted by molar-refractivity contribution is 5.98. The molecule has 0 aliphatic carbocycles. The van der Waals surface area contributed by atoms with E-state index in [4.69, 9.17) is 4.74 Å². The van der Waals surface area contributed by atoms with E-state index in [9.17, 15) is 13.2 Å². The number of rotatable bonds is 7. The quantitative estimate of drug-likeness (QED) is 0.347. The van der Waals surface area contributed by atoms with Gasteiger partial charge in [-0.2, -0.15) is 13.2 Å². The largest absolute Gasteiger partial charge is 0.416 e. The summed E-state index contributed by atoms with van der Waals surface area (Å²) < 4.78 is 46.0. The van der Waals surface area contributed by atoms with Crippen LogP contribution in [0.3, 0.4) is 0 Å². The van der Waals surface area contributed by atoms with Gasteiger partial charge in [-0.1, -0.05) is 40.3 Å². The molecule has 0 saturated carbocycles. The number of aryl methyl sites for hydroxylation is 2. The van der Waals surface area contributed by atoms with Crippen molar-refractivity contribution in [1.82, 2.24) is 9.55 Å². The molecule has 34 heavy (non-hydrogen) atoms. The zero-order valence-corrected chi connectivity index (χ0v) is 21.4. The van der Waals surface area contributed by atoms with E-state index in [2.05, 4.69) is 30.7 Å². The monoisotopic (exact) mass is 477 g/mol. The molecule has 0 aliphatic heterocycles. The number of anilines is 2. The van der Waals surface area contributed by atoms with Gasteiger partial charge in [0.2, 0.25) is 0 Å². The Labute approximate surface area is 201 Å². The van der Waals surface area contributed by atoms with E-state index in [1.807, 2.05) is 44.6 Å². The zero-order chi connectivity index (χ0) is 25.9. The van der Waals surface area contributed by atoms with Crippen LogP contribution in [0.25, 0.3) is 16.5 Å². The van der Waals surface area contributed by atoms with Crippen LogP contribution in [0, 0.1) is 6.92 Å². The SMILES string of the molecule is C=C(C)c1cnc(Nc2cc(C(F)(F)F)ccc2C)c2ccn(C)c12.CC.CCCOCCC. The molecule has 0 saturated heterocycles. The smallest absolute Gasteiger partial charge is 0.381 e. The summed E-state index contributed by atoms with van der Waals surface area (Å²) in [5, 5.41) is 3.89.